The Morgan fingerprint density at radius 2 is 1.88 bits per heavy atom. The lowest BCUT2D eigenvalue weighted by atomic mass is 9.85. The van der Waals surface area contributed by atoms with Crippen molar-refractivity contribution in [3.63, 3.8) is 0 Å². The number of Topliss-reactive ketones (excluding diaryl/α,β-unsaturated/α-hetero) is 1. The number of rotatable bonds is 6. The molecule has 0 aliphatic heterocycles. The highest BCUT2D eigenvalue weighted by Crippen LogP contribution is 2.45. The summed E-state index contributed by atoms with van der Waals surface area (Å²) in [6.45, 7) is 1.75. The molecule has 132 valence electrons. The zero-order valence-corrected chi connectivity index (χ0v) is 13.9. The Hall–Kier alpha value is -1.52. The molecular formula is C19H23F3O2. The summed E-state index contributed by atoms with van der Waals surface area (Å²) in [6, 6.07) is 2.92. The molecule has 1 aromatic rings. The molecule has 2 aliphatic carbocycles. The fourth-order valence-corrected chi connectivity index (χ4v) is 3.40. The van der Waals surface area contributed by atoms with Crippen LogP contribution in [0.1, 0.15) is 73.7 Å². The third-order valence-corrected chi connectivity index (χ3v) is 5.12. The van der Waals surface area contributed by atoms with E-state index in [0.717, 1.165) is 18.4 Å². The second-order valence-corrected chi connectivity index (χ2v) is 7.14. The van der Waals surface area contributed by atoms with Crippen LogP contribution in [-0.4, -0.2) is 18.3 Å². The van der Waals surface area contributed by atoms with Gasteiger partial charge in [0.2, 0.25) is 5.92 Å². The lowest BCUT2D eigenvalue weighted by molar-refractivity contribution is -0.0475. The van der Waals surface area contributed by atoms with Crippen LogP contribution in [0.4, 0.5) is 13.2 Å². The second-order valence-electron chi connectivity index (χ2n) is 7.14. The van der Waals surface area contributed by atoms with Crippen molar-refractivity contribution in [2.45, 2.75) is 63.7 Å². The van der Waals surface area contributed by atoms with Gasteiger partial charge in [-0.05, 0) is 62.5 Å². The Bertz CT molecular complexity index is 613. The first-order chi connectivity index (χ1) is 11.4. The molecule has 0 aromatic heterocycles. The van der Waals surface area contributed by atoms with Gasteiger partial charge in [0.25, 0.3) is 0 Å². The van der Waals surface area contributed by atoms with E-state index in [2.05, 4.69) is 0 Å². The smallest absolute Gasteiger partial charge is 0.248 e. The van der Waals surface area contributed by atoms with Crippen molar-refractivity contribution < 1.29 is 22.7 Å². The lowest BCUT2D eigenvalue weighted by Crippen LogP contribution is -2.25. The highest BCUT2D eigenvalue weighted by molar-refractivity contribution is 5.94. The van der Waals surface area contributed by atoms with Crippen LogP contribution in [-0.2, 0) is 0 Å². The third kappa shape index (κ3) is 4.11. The van der Waals surface area contributed by atoms with Crippen molar-refractivity contribution in [3.05, 3.63) is 29.1 Å². The van der Waals surface area contributed by atoms with E-state index in [0.29, 0.717) is 37.5 Å². The van der Waals surface area contributed by atoms with Crippen LogP contribution in [0, 0.1) is 11.7 Å². The number of alkyl halides is 2. The Kier molecular flexibility index (Phi) is 4.88. The molecule has 2 nitrogen and oxygen atoms in total. The van der Waals surface area contributed by atoms with Gasteiger partial charge in [0.15, 0.2) is 5.78 Å². The van der Waals surface area contributed by atoms with E-state index in [1.165, 1.54) is 13.0 Å². The second kappa shape index (κ2) is 6.77. The molecule has 24 heavy (non-hydrogen) atoms. The van der Waals surface area contributed by atoms with Crippen LogP contribution in [0.2, 0.25) is 0 Å². The highest BCUT2D eigenvalue weighted by atomic mass is 19.3. The van der Waals surface area contributed by atoms with E-state index in [-0.39, 0.29) is 30.1 Å². The molecule has 0 spiro atoms. The van der Waals surface area contributed by atoms with E-state index < -0.39 is 11.7 Å². The van der Waals surface area contributed by atoms with E-state index in [1.54, 1.807) is 6.07 Å². The first-order valence-electron chi connectivity index (χ1n) is 8.71. The molecule has 2 saturated carbocycles. The standard InChI is InChI=1S/C19H23F3O2/c1-12(23)15-10-16(14-2-3-14)18(11-17(15)20)24-9-6-13-4-7-19(21,22)8-5-13/h10-11,13-14H,2-9H2,1H3. The minimum atomic E-state index is -2.51. The van der Waals surface area contributed by atoms with Crippen LogP contribution in [0.15, 0.2) is 12.1 Å². The van der Waals surface area contributed by atoms with Crippen molar-refractivity contribution in [3.8, 4) is 5.75 Å². The molecular weight excluding hydrogens is 317 g/mol. The quantitative estimate of drug-likeness (QED) is 0.639. The Balaban J connectivity index is 1.61. The summed E-state index contributed by atoms with van der Waals surface area (Å²) >= 11 is 0. The zero-order chi connectivity index (χ0) is 17.3. The topological polar surface area (TPSA) is 26.3 Å². The molecule has 0 unspecified atom stereocenters. The number of hydrogen-bond donors (Lipinski definition) is 0. The molecule has 0 bridgehead atoms. The molecule has 5 heteroatoms. The van der Waals surface area contributed by atoms with Gasteiger partial charge in [0.1, 0.15) is 11.6 Å². The number of carbonyl (C=O) groups is 1. The summed E-state index contributed by atoms with van der Waals surface area (Å²) in [5.74, 6) is -2.27. The van der Waals surface area contributed by atoms with Gasteiger partial charge in [-0.2, -0.15) is 0 Å². The summed E-state index contributed by atoms with van der Waals surface area (Å²) in [5, 5.41) is 0. The van der Waals surface area contributed by atoms with Gasteiger partial charge >= 0.3 is 0 Å². The molecule has 0 radical (unpaired) electrons. The van der Waals surface area contributed by atoms with E-state index in [1.807, 2.05) is 0 Å². The molecule has 3 rings (SSSR count). The highest BCUT2D eigenvalue weighted by Gasteiger charge is 2.34. The van der Waals surface area contributed by atoms with Gasteiger partial charge in [-0.3, -0.25) is 4.79 Å². The predicted molar refractivity (Wildman–Crippen MR) is 85.4 cm³/mol. The monoisotopic (exact) mass is 340 g/mol. The molecule has 2 fully saturated rings. The van der Waals surface area contributed by atoms with Crippen LogP contribution < -0.4 is 4.74 Å². The van der Waals surface area contributed by atoms with Gasteiger partial charge < -0.3 is 4.74 Å². The van der Waals surface area contributed by atoms with E-state index in [9.17, 15) is 18.0 Å². The van der Waals surface area contributed by atoms with Crippen molar-refractivity contribution in [1.29, 1.82) is 0 Å². The number of benzene rings is 1. The number of hydrogen-bond acceptors (Lipinski definition) is 2. The fraction of sp³-hybridized carbons (Fsp3) is 0.632. The Morgan fingerprint density at radius 1 is 1.21 bits per heavy atom. The maximum Gasteiger partial charge on any atom is 0.248 e. The summed E-state index contributed by atoms with van der Waals surface area (Å²) in [4.78, 5) is 11.5. The average molecular weight is 340 g/mol. The van der Waals surface area contributed by atoms with Crippen LogP contribution in [0.25, 0.3) is 0 Å². The first kappa shape index (κ1) is 17.3. The zero-order valence-electron chi connectivity index (χ0n) is 13.9. The maximum atomic E-state index is 14.0. The Labute approximate surface area is 140 Å². The average Bonchev–Trinajstić information content (AvgIpc) is 3.33. The van der Waals surface area contributed by atoms with Crippen molar-refractivity contribution >= 4 is 5.78 Å². The number of ketones is 1. The van der Waals surface area contributed by atoms with Gasteiger partial charge in [-0.25, -0.2) is 13.2 Å². The van der Waals surface area contributed by atoms with E-state index in [4.69, 9.17) is 4.74 Å². The molecule has 1 aromatic carbocycles. The number of halogens is 3. The molecule has 0 amide bonds. The van der Waals surface area contributed by atoms with Crippen molar-refractivity contribution in [1.82, 2.24) is 0 Å². The lowest BCUT2D eigenvalue weighted by Gasteiger charge is -2.28. The predicted octanol–water partition coefficient (Wildman–Crippen LogP) is 5.50. The van der Waals surface area contributed by atoms with Crippen LogP contribution in [0.5, 0.6) is 5.75 Å². The SMILES string of the molecule is CC(=O)c1cc(C2CC2)c(OCCC2CCC(F)(F)CC2)cc1F. The molecule has 0 atom stereocenters. The van der Waals surface area contributed by atoms with Gasteiger partial charge in [0, 0.05) is 18.9 Å². The molecule has 2 aliphatic rings. The van der Waals surface area contributed by atoms with Gasteiger partial charge in [-0.15, -0.1) is 0 Å². The summed E-state index contributed by atoms with van der Waals surface area (Å²) in [6.07, 6.45) is 3.69. The van der Waals surface area contributed by atoms with Crippen LogP contribution in [0.3, 0.4) is 0 Å². The largest absolute Gasteiger partial charge is 0.493 e. The summed E-state index contributed by atoms with van der Waals surface area (Å²) < 4.78 is 46.1. The first-order valence-corrected chi connectivity index (χ1v) is 8.71. The van der Waals surface area contributed by atoms with Gasteiger partial charge in [0.05, 0.1) is 12.2 Å². The van der Waals surface area contributed by atoms with Gasteiger partial charge in [-0.1, -0.05) is 0 Å². The number of ether oxygens (including phenoxy) is 1. The van der Waals surface area contributed by atoms with Crippen molar-refractivity contribution in [2.24, 2.45) is 5.92 Å². The number of carbonyl (C=O) groups excluding carboxylic acids is 1. The Morgan fingerprint density at radius 3 is 2.46 bits per heavy atom. The fourth-order valence-electron chi connectivity index (χ4n) is 3.40. The molecule has 0 N–H and O–H groups in total. The molecule has 0 heterocycles. The third-order valence-electron chi connectivity index (χ3n) is 5.12. The normalized spacial score (nSPS) is 20.8. The van der Waals surface area contributed by atoms with E-state index >= 15 is 0 Å². The molecule has 0 saturated heterocycles. The summed E-state index contributed by atoms with van der Waals surface area (Å²) in [5.41, 5.74) is 1.01. The van der Waals surface area contributed by atoms with Crippen molar-refractivity contribution in [2.75, 3.05) is 6.61 Å². The van der Waals surface area contributed by atoms with Crippen LogP contribution >= 0.6 is 0 Å². The minimum Gasteiger partial charge on any atom is -0.493 e. The minimum absolute atomic E-state index is 0.0487. The maximum absolute atomic E-state index is 14.0. The summed E-state index contributed by atoms with van der Waals surface area (Å²) in [7, 11) is 0.